The van der Waals surface area contributed by atoms with Crippen LogP contribution in [-0.4, -0.2) is 69.0 Å². The monoisotopic (exact) mass is 447 g/mol. The summed E-state index contributed by atoms with van der Waals surface area (Å²) in [7, 11) is 5.14. The molecule has 0 unspecified atom stereocenters. The summed E-state index contributed by atoms with van der Waals surface area (Å²) < 4.78 is 39.0. The van der Waals surface area contributed by atoms with Crippen LogP contribution in [-0.2, 0) is 12.7 Å². The smallest absolute Gasteiger partial charge is 0.368 e. The van der Waals surface area contributed by atoms with Gasteiger partial charge in [-0.1, -0.05) is 18.2 Å². The van der Waals surface area contributed by atoms with Gasteiger partial charge in [0.15, 0.2) is 5.96 Å². The first-order valence-corrected chi connectivity index (χ1v) is 10.4. The maximum Gasteiger partial charge on any atom is 0.416 e. The Kier molecular flexibility index (Phi) is 7.27. The third kappa shape index (κ3) is 5.72. The summed E-state index contributed by atoms with van der Waals surface area (Å²) in [5, 5.41) is 3.32. The highest BCUT2D eigenvalue weighted by atomic mass is 19.4. The maximum absolute atomic E-state index is 13.0. The van der Waals surface area contributed by atoms with Gasteiger partial charge in [0.2, 0.25) is 0 Å². The van der Waals surface area contributed by atoms with Gasteiger partial charge in [-0.05, 0) is 35.9 Å². The molecule has 1 heterocycles. The van der Waals surface area contributed by atoms with E-state index in [4.69, 9.17) is 0 Å². The van der Waals surface area contributed by atoms with E-state index in [1.165, 1.54) is 17.0 Å². The Morgan fingerprint density at radius 3 is 2.28 bits per heavy atom. The number of hydrogen-bond acceptors (Lipinski definition) is 3. The van der Waals surface area contributed by atoms with E-state index in [1.54, 1.807) is 39.3 Å². The number of hydrogen-bond donors (Lipinski definition) is 1. The SMILES string of the molecule is CN=C(NCc1ccc(C(=O)N(C)C)cc1)N1CCN(c2cccc(C(F)(F)F)c2)CC1. The van der Waals surface area contributed by atoms with Crippen LogP contribution in [0.2, 0.25) is 0 Å². The third-order valence-corrected chi connectivity index (χ3v) is 5.39. The Balaban J connectivity index is 1.55. The van der Waals surface area contributed by atoms with Gasteiger partial charge in [-0.2, -0.15) is 13.2 Å². The van der Waals surface area contributed by atoms with Crippen LogP contribution in [0.1, 0.15) is 21.5 Å². The molecule has 0 atom stereocenters. The van der Waals surface area contributed by atoms with Crippen molar-refractivity contribution < 1.29 is 18.0 Å². The lowest BCUT2D eigenvalue weighted by Gasteiger charge is -2.37. The van der Waals surface area contributed by atoms with Gasteiger partial charge in [0.25, 0.3) is 5.91 Å². The molecule has 3 rings (SSSR count). The van der Waals surface area contributed by atoms with E-state index in [-0.39, 0.29) is 5.91 Å². The van der Waals surface area contributed by atoms with Crippen LogP contribution in [0.4, 0.5) is 18.9 Å². The molecule has 1 aliphatic heterocycles. The van der Waals surface area contributed by atoms with Crippen molar-refractivity contribution in [3.05, 3.63) is 65.2 Å². The molecule has 1 saturated heterocycles. The molecule has 0 saturated carbocycles. The summed E-state index contributed by atoms with van der Waals surface area (Å²) in [6, 6.07) is 12.9. The van der Waals surface area contributed by atoms with Crippen LogP contribution in [0.15, 0.2) is 53.5 Å². The lowest BCUT2D eigenvalue weighted by Crippen LogP contribution is -2.52. The van der Waals surface area contributed by atoms with E-state index in [1.807, 2.05) is 17.0 Å². The minimum absolute atomic E-state index is 0.0426. The van der Waals surface area contributed by atoms with Crippen molar-refractivity contribution in [1.82, 2.24) is 15.1 Å². The number of anilines is 1. The van der Waals surface area contributed by atoms with Crippen LogP contribution in [0.25, 0.3) is 0 Å². The van der Waals surface area contributed by atoms with Gasteiger partial charge >= 0.3 is 6.18 Å². The molecule has 1 aliphatic rings. The Hall–Kier alpha value is -3.23. The number of alkyl halides is 3. The summed E-state index contributed by atoms with van der Waals surface area (Å²) in [6.07, 6.45) is -4.35. The Morgan fingerprint density at radius 1 is 1.06 bits per heavy atom. The number of benzene rings is 2. The van der Waals surface area contributed by atoms with Crippen LogP contribution in [0.5, 0.6) is 0 Å². The molecule has 32 heavy (non-hydrogen) atoms. The standard InChI is InChI=1S/C23H28F3N5O/c1-27-22(28-16-17-7-9-18(10-8-17)21(32)29(2)3)31-13-11-30(12-14-31)20-6-4-5-19(15-20)23(24,25)26/h4-10,15H,11-14,16H2,1-3H3,(H,27,28). The Labute approximate surface area is 186 Å². The summed E-state index contributed by atoms with van der Waals surface area (Å²) in [4.78, 5) is 21.9. The van der Waals surface area contributed by atoms with Gasteiger partial charge in [-0.25, -0.2) is 0 Å². The largest absolute Gasteiger partial charge is 0.416 e. The van der Waals surface area contributed by atoms with Crippen molar-refractivity contribution >= 4 is 17.6 Å². The molecule has 2 aromatic carbocycles. The summed E-state index contributed by atoms with van der Waals surface area (Å²) in [5.74, 6) is 0.695. The van der Waals surface area contributed by atoms with Crippen molar-refractivity contribution in [3.63, 3.8) is 0 Å². The fourth-order valence-corrected chi connectivity index (χ4v) is 3.59. The molecule has 9 heteroatoms. The highest BCUT2D eigenvalue weighted by Gasteiger charge is 2.31. The first kappa shape index (κ1) is 23.4. The molecule has 0 aliphatic carbocycles. The summed E-state index contributed by atoms with van der Waals surface area (Å²) >= 11 is 0. The van der Waals surface area contributed by atoms with Crippen molar-refractivity contribution in [3.8, 4) is 0 Å². The fourth-order valence-electron chi connectivity index (χ4n) is 3.59. The number of nitrogens with one attached hydrogen (secondary N) is 1. The number of carbonyl (C=O) groups excluding carboxylic acids is 1. The first-order chi connectivity index (χ1) is 15.2. The van der Waals surface area contributed by atoms with Crippen LogP contribution in [0.3, 0.4) is 0 Å². The van der Waals surface area contributed by atoms with Crippen LogP contribution in [0, 0.1) is 0 Å². The van der Waals surface area contributed by atoms with Crippen LogP contribution >= 0.6 is 0 Å². The van der Waals surface area contributed by atoms with Crippen molar-refractivity contribution in [2.45, 2.75) is 12.7 Å². The quantitative estimate of drug-likeness (QED) is 0.577. The normalized spacial score (nSPS) is 15.0. The number of carbonyl (C=O) groups is 1. The highest BCUT2D eigenvalue weighted by Crippen LogP contribution is 2.31. The minimum Gasteiger partial charge on any atom is -0.368 e. The molecule has 6 nitrogen and oxygen atoms in total. The number of guanidine groups is 1. The molecule has 172 valence electrons. The average molecular weight is 448 g/mol. The van der Waals surface area contributed by atoms with Crippen molar-refractivity contribution in [2.75, 3.05) is 52.2 Å². The van der Waals surface area contributed by atoms with Gasteiger partial charge < -0.3 is 20.0 Å². The second kappa shape index (κ2) is 9.93. The average Bonchev–Trinajstić information content (AvgIpc) is 2.79. The molecular formula is C23H28F3N5O. The summed E-state index contributed by atoms with van der Waals surface area (Å²) in [5.41, 5.74) is 1.60. The Bertz CT molecular complexity index is 949. The number of nitrogens with zero attached hydrogens (tertiary/aromatic N) is 4. The third-order valence-electron chi connectivity index (χ3n) is 5.39. The van der Waals surface area contributed by atoms with Gasteiger partial charge in [0.05, 0.1) is 5.56 Å². The van der Waals surface area contributed by atoms with E-state index in [2.05, 4.69) is 15.2 Å². The summed E-state index contributed by atoms with van der Waals surface area (Å²) in [6.45, 7) is 3.04. The van der Waals surface area contributed by atoms with Gasteiger partial charge in [-0.15, -0.1) is 0 Å². The van der Waals surface area contributed by atoms with Crippen molar-refractivity contribution in [2.24, 2.45) is 4.99 Å². The lowest BCUT2D eigenvalue weighted by molar-refractivity contribution is -0.137. The van der Waals surface area contributed by atoms with E-state index in [0.717, 1.165) is 17.6 Å². The zero-order chi connectivity index (χ0) is 23.3. The molecule has 2 aromatic rings. The van der Waals surface area contributed by atoms with Crippen molar-refractivity contribution in [1.29, 1.82) is 0 Å². The Morgan fingerprint density at radius 2 is 1.72 bits per heavy atom. The highest BCUT2D eigenvalue weighted by molar-refractivity contribution is 5.93. The predicted octanol–water partition coefficient (Wildman–Crippen LogP) is 3.30. The minimum atomic E-state index is -4.35. The van der Waals surface area contributed by atoms with E-state index >= 15 is 0 Å². The lowest BCUT2D eigenvalue weighted by atomic mass is 10.1. The number of rotatable bonds is 4. The van der Waals surface area contributed by atoms with E-state index < -0.39 is 11.7 Å². The molecule has 1 fully saturated rings. The first-order valence-electron chi connectivity index (χ1n) is 10.4. The molecule has 1 amide bonds. The topological polar surface area (TPSA) is 51.2 Å². The van der Waals surface area contributed by atoms with Gasteiger partial charge in [-0.3, -0.25) is 9.79 Å². The maximum atomic E-state index is 13.0. The zero-order valence-corrected chi connectivity index (χ0v) is 18.5. The second-order valence-electron chi connectivity index (χ2n) is 7.82. The molecule has 0 spiro atoms. The second-order valence-corrected chi connectivity index (χ2v) is 7.82. The molecule has 0 radical (unpaired) electrons. The molecule has 0 bridgehead atoms. The van der Waals surface area contributed by atoms with Gasteiger partial charge in [0.1, 0.15) is 0 Å². The number of aliphatic imine (C=N–C) groups is 1. The van der Waals surface area contributed by atoms with Gasteiger partial charge in [0, 0.05) is 65.1 Å². The van der Waals surface area contributed by atoms with E-state index in [9.17, 15) is 18.0 Å². The van der Waals surface area contributed by atoms with Crippen LogP contribution < -0.4 is 10.2 Å². The predicted molar refractivity (Wildman–Crippen MR) is 120 cm³/mol. The zero-order valence-electron chi connectivity index (χ0n) is 18.5. The molecule has 0 aromatic heterocycles. The number of piperazine rings is 1. The van der Waals surface area contributed by atoms with E-state index in [0.29, 0.717) is 44.0 Å². The number of halogens is 3. The molecular weight excluding hydrogens is 419 g/mol. The number of amides is 1. The fraction of sp³-hybridized carbons (Fsp3) is 0.391. The molecule has 1 N–H and O–H groups in total.